The van der Waals surface area contributed by atoms with Gasteiger partial charge in [0.05, 0.1) is 43.7 Å². The van der Waals surface area contributed by atoms with Crippen LogP contribution in [0.5, 0.6) is 0 Å². The number of fused-ring (bicyclic) bond motifs is 7. The maximum Gasteiger partial charge on any atom is 0.335 e. The molecule has 0 aromatic heterocycles. The number of rotatable bonds is 11. The Bertz CT molecular complexity index is 2150. The SMILES string of the molecule is C[C@@H]1O[C@@H](O[C@H]2[C@H](O[C@H]3[C@H](O[C@H]4CC[C@@]5(C)[C@@H](CC[C@]6(C)[C@@H]5CC=C5[C@@H]7CC(C)(C)[C@@H](O)[C@@H](O)[C@]7(C)CC[C@]56C)[C@@]4(C)CO)O[C@H](C(=O)O)[C@@H](O)[C@@H]3O)O[C@H](CO)[C@H](O)[C@@H]2O[C@@H]2O[C@@H](C)[C@H](O)[C@@H](O)[C@H]2O)[C@H](O)[C@H](O)[C@H]1O. The van der Waals surface area contributed by atoms with E-state index in [1.54, 1.807) is 0 Å². The number of carboxylic acids is 1. The number of ether oxygens (including phenoxy) is 8. The minimum absolute atomic E-state index is 0.0715. The van der Waals surface area contributed by atoms with Crippen LogP contribution in [0.2, 0.25) is 0 Å². The lowest BCUT2D eigenvalue weighted by Gasteiger charge is -2.72. The van der Waals surface area contributed by atoms with Crippen LogP contribution in [0.1, 0.15) is 114 Å². The minimum atomic E-state index is -2.17. The minimum Gasteiger partial charge on any atom is -0.479 e. The topological polar surface area (TPSA) is 374 Å². The van der Waals surface area contributed by atoms with Crippen LogP contribution in [0.3, 0.4) is 0 Å². The Morgan fingerprint density at radius 3 is 1.71 bits per heavy atom. The highest BCUT2D eigenvalue weighted by atomic mass is 16.8. The van der Waals surface area contributed by atoms with Crippen molar-refractivity contribution in [3.63, 3.8) is 0 Å². The standard InChI is InChI=1S/C54H88O23/c1-21-29(57)32(60)36(64)45(70-21)74-38-31(59)25(19-55)72-48(41(38)77-46-37(65)33(61)30(58)22(2)71-46)76-40-35(63)34(62)39(44(68)69)75-47(40)73-28-13-14-51(6)26(52(28,7)20-56)12-15-54(9)27(51)11-10-23-24-18-49(3,4)42(66)43(67)50(24,5)16-17-53(23,54)8/h10,21-22,24-43,45-48,55-67H,11-20H2,1-9H3,(H,68,69)/t21-,22-,24-,25+,26+,27+,28-,29-,30-,31-,32+,33+,34-,35-,36+,37+,38-,39-,40+,41+,42-,43+,45-,46-,47+,48-,50+,51-,52+,53+,54+/m0/s1. The second kappa shape index (κ2) is 21.2. The first-order chi connectivity index (χ1) is 35.9. The molecule has 8 fully saturated rings. The van der Waals surface area contributed by atoms with Crippen LogP contribution < -0.4 is 0 Å². The van der Waals surface area contributed by atoms with Crippen molar-refractivity contribution in [3.05, 3.63) is 11.6 Å². The average Bonchev–Trinajstić information content (AvgIpc) is 3.58. The Hall–Kier alpha value is -1.63. The Balaban J connectivity index is 1.03. The lowest BCUT2D eigenvalue weighted by atomic mass is 9.33. The molecule has 0 aromatic carbocycles. The summed E-state index contributed by atoms with van der Waals surface area (Å²) < 4.78 is 49.1. The normalized spacial score (nSPS) is 56.7. The molecule has 0 aromatic rings. The molecule has 4 saturated carbocycles. The molecule has 77 heavy (non-hydrogen) atoms. The highest BCUT2D eigenvalue weighted by Crippen LogP contribution is 2.76. The number of hydrogen-bond donors (Lipinski definition) is 14. The number of aliphatic hydroxyl groups excluding tert-OH is 13. The molecule has 4 aliphatic heterocycles. The van der Waals surface area contributed by atoms with Gasteiger partial charge in [0, 0.05) is 10.8 Å². The quantitative estimate of drug-likeness (QED) is 0.0829. The van der Waals surface area contributed by atoms with Gasteiger partial charge in [-0.2, -0.15) is 0 Å². The second-order valence-corrected chi connectivity index (χ2v) is 26.4. The molecule has 0 amide bonds. The lowest BCUT2D eigenvalue weighted by molar-refractivity contribution is -0.410. The Morgan fingerprint density at radius 1 is 0.571 bits per heavy atom. The zero-order valence-electron chi connectivity index (χ0n) is 45.6. The van der Waals surface area contributed by atoms with Crippen molar-refractivity contribution in [2.75, 3.05) is 13.2 Å². The number of allylic oxidation sites excluding steroid dienone is 2. The molecule has 9 aliphatic rings. The first kappa shape index (κ1) is 60.0. The molecule has 0 unspecified atom stereocenters. The maximum atomic E-state index is 12.7. The highest BCUT2D eigenvalue weighted by Gasteiger charge is 2.71. The number of aliphatic hydroxyl groups is 13. The van der Waals surface area contributed by atoms with Crippen LogP contribution in [0, 0.1) is 50.2 Å². The van der Waals surface area contributed by atoms with Crippen LogP contribution in [0.15, 0.2) is 11.6 Å². The third kappa shape index (κ3) is 9.42. The van der Waals surface area contributed by atoms with Crippen LogP contribution in [0.4, 0.5) is 0 Å². The second-order valence-electron chi connectivity index (χ2n) is 26.4. The molecule has 23 heteroatoms. The highest BCUT2D eigenvalue weighted by molar-refractivity contribution is 5.73. The molecule has 0 bridgehead atoms. The molecule has 9 rings (SSSR count). The van der Waals surface area contributed by atoms with Crippen LogP contribution in [0.25, 0.3) is 0 Å². The first-order valence-electron chi connectivity index (χ1n) is 27.7. The predicted molar refractivity (Wildman–Crippen MR) is 263 cm³/mol. The van der Waals surface area contributed by atoms with Crippen molar-refractivity contribution in [2.45, 2.75) is 255 Å². The zero-order valence-corrected chi connectivity index (χ0v) is 45.6. The van der Waals surface area contributed by atoms with Gasteiger partial charge in [0.2, 0.25) is 0 Å². The molecule has 4 saturated heterocycles. The Kier molecular flexibility index (Phi) is 16.5. The van der Waals surface area contributed by atoms with Crippen LogP contribution in [-0.2, 0) is 42.7 Å². The predicted octanol–water partition coefficient (Wildman–Crippen LogP) is -1.47. The summed E-state index contributed by atoms with van der Waals surface area (Å²) >= 11 is 0. The summed E-state index contributed by atoms with van der Waals surface area (Å²) in [4.78, 5) is 12.7. The molecule has 0 radical (unpaired) electrons. The fourth-order valence-electron chi connectivity index (χ4n) is 16.5. The first-order valence-corrected chi connectivity index (χ1v) is 27.7. The summed E-state index contributed by atoms with van der Waals surface area (Å²) in [6.45, 7) is 16.6. The van der Waals surface area contributed by atoms with Crippen molar-refractivity contribution in [1.82, 2.24) is 0 Å². The fraction of sp³-hybridized carbons (Fsp3) is 0.944. The molecule has 14 N–H and O–H groups in total. The van der Waals surface area contributed by atoms with E-state index in [-0.39, 0.29) is 40.6 Å². The Labute approximate surface area is 449 Å². The average molecular weight is 1110 g/mol. The smallest absolute Gasteiger partial charge is 0.335 e. The van der Waals surface area contributed by atoms with Gasteiger partial charge in [-0.3, -0.25) is 0 Å². The van der Waals surface area contributed by atoms with Gasteiger partial charge in [0.15, 0.2) is 31.3 Å². The summed E-state index contributed by atoms with van der Waals surface area (Å²) in [7, 11) is 0. The number of aliphatic carboxylic acids is 1. The number of carboxylic acid groups (broad SMARTS) is 1. The summed E-state index contributed by atoms with van der Waals surface area (Å²) in [5.41, 5.74) is -1.46. The van der Waals surface area contributed by atoms with Gasteiger partial charge in [-0.15, -0.1) is 0 Å². The van der Waals surface area contributed by atoms with E-state index in [1.807, 2.05) is 20.8 Å². The summed E-state index contributed by atoms with van der Waals surface area (Å²) in [5.74, 6) is -1.62. The van der Waals surface area contributed by atoms with Crippen LogP contribution in [-0.4, -0.2) is 232 Å². The third-order valence-electron chi connectivity index (χ3n) is 21.8. The third-order valence-corrected chi connectivity index (χ3v) is 21.8. The molecule has 23 nitrogen and oxygen atoms in total. The summed E-state index contributed by atoms with van der Waals surface area (Å²) in [6, 6.07) is 0. The zero-order chi connectivity index (χ0) is 56.6. The Morgan fingerprint density at radius 2 is 1.14 bits per heavy atom. The molecule has 0 spiro atoms. The molecule has 31 atom stereocenters. The van der Waals surface area contributed by atoms with Gasteiger partial charge in [0.25, 0.3) is 0 Å². The summed E-state index contributed by atoms with van der Waals surface area (Å²) in [6.07, 6.45) is -30.9. The maximum absolute atomic E-state index is 12.7. The number of hydrogen-bond acceptors (Lipinski definition) is 22. The van der Waals surface area contributed by atoms with Gasteiger partial charge in [-0.25, -0.2) is 4.79 Å². The van der Waals surface area contributed by atoms with Crippen molar-refractivity contribution in [3.8, 4) is 0 Å². The largest absolute Gasteiger partial charge is 0.479 e. The van der Waals surface area contributed by atoms with Gasteiger partial charge < -0.3 is 109 Å². The molecule has 5 aliphatic carbocycles. The van der Waals surface area contributed by atoms with E-state index in [1.165, 1.54) is 19.4 Å². The van der Waals surface area contributed by atoms with Gasteiger partial charge in [0.1, 0.15) is 79.4 Å². The van der Waals surface area contributed by atoms with Crippen molar-refractivity contribution < 1.29 is 114 Å². The van der Waals surface area contributed by atoms with Gasteiger partial charge in [-0.1, -0.05) is 60.1 Å². The van der Waals surface area contributed by atoms with E-state index in [9.17, 15) is 76.3 Å². The van der Waals surface area contributed by atoms with Crippen molar-refractivity contribution >= 4 is 5.97 Å². The molecule has 4 heterocycles. The van der Waals surface area contributed by atoms with Crippen molar-refractivity contribution in [2.24, 2.45) is 50.2 Å². The monoisotopic (exact) mass is 1100 g/mol. The fourth-order valence-corrected chi connectivity index (χ4v) is 16.5. The molecular weight excluding hydrogens is 1020 g/mol. The lowest BCUT2D eigenvalue weighted by Crippen LogP contribution is -2.69. The van der Waals surface area contributed by atoms with Gasteiger partial charge in [-0.05, 0) is 105 Å². The summed E-state index contributed by atoms with van der Waals surface area (Å²) in [5, 5.41) is 155. The van der Waals surface area contributed by atoms with E-state index in [0.29, 0.717) is 19.3 Å². The molecular formula is C54H88O23. The van der Waals surface area contributed by atoms with Gasteiger partial charge >= 0.3 is 5.97 Å². The van der Waals surface area contributed by atoms with E-state index in [4.69, 9.17) is 37.9 Å². The van der Waals surface area contributed by atoms with E-state index >= 15 is 0 Å². The molecule has 442 valence electrons. The van der Waals surface area contributed by atoms with E-state index in [2.05, 4.69) is 33.8 Å². The van der Waals surface area contributed by atoms with E-state index in [0.717, 1.165) is 32.1 Å². The van der Waals surface area contributed by atoms with E-state index < -0.39 is 170 Å². The van der Waals surface area contributed by atoms with Crippen LogP contribution >= 0.6 is 0 Å². The van der Waals surface area contributed by atoms with Crippen molar-refractivity contribution in [1.29, 1.82) is 0 Å². The number of carbonyl (C=O) groups is 1.